The number of nitrogens with zero attached hydrogens (tertiary/aromatic N) is 3. The Balaban J connectivity index is 1.90. The molecule has 2 aromatic rings. The van der Waals surface area contributed by atoms with Crippen LogP contribution in [0.2, 0.25) is 0 Å². The van der Waals surface area contributed by atoms with Crippen LogP contribution >= 0.6 is 0 Å². The predicted octanol–water partition coefficient (Wildman–Crippen LogP) is 2.01. The van der Waals surface area contributed by atoms with E-state index < -0.39 is 29.4 Å². The molecule has 0 spiro atoms. The molecule has 8 heteroatoms. The van der Waals surface area contributed by atoms with Gasteiger partial charge in [-0.3, -0.25) is 9.59 Å². The van der Waals surface area contributed by atoms with E-state index in [1.54, 1.807) is 6.92 Å². The summed E-state index contributed by atoms with van der Waals surface area (Å²) in [5.74, 6) is -3.56. The number of halogens is 2. The molecule has 6 nitrogen and oxygen atoms in total. The van der Waals surface area contributed by atoms with Crippen LogP contribution in [-0.4, -0.2) is 44.8 Å². The van der Waals surface area contributed by atoms with Gasteiger partial charge in [0.2, 0.25) is 0 Å². The third kappa shape index (κ3) is 2.75. The molecule has 1 aromatic carbocycles. The predicted molar refractivity (Wildman–Crippen MR) is 79.9 cm³/mol. The molecule has 1 aliphatic heterocycles. The van der Waals surface area contributed by atoms with E-state index in [1.807, 2.05) is 0 Å². The molecule has 0 radical (unpaired) electrons. The summed E-state index contributed by atoms with van der Waals surface area (Å²) in [5.41, 5.74) is 0.162. The lowest BCUT2D eigenvalue weighted by Gasteiger charge is -2.14. The number of likely N-dealkylation sites (tertiary alicyclic amines) is 1. The van der Waals surface area contributed by atoms with Crippen LogP contribution in [0.1, 0.15) is 22.5 Å². The van der Waals surface area contributed by atoms with Crippen LogP contribution in [-0.2, 0) is 4.79 Å². The van der Waals surface area contributed by atoms with Gasteiger partial charge in [0.1, 0.15) is 5.69 Å². The highest BCUT2D eigenvalue weighted by molar-refractivity contribution is 5.94. The minimum Gasteiger partial charge on any atom is -0.481 e. The molecule has 3 rings (SSSR count). The minimum absolute atomic E-state index is 0.0590. The van der Waals surface area contributed by atoms with Crippen molar-refractivity contribution in [2.75, 3.05) is 13.1 Å². The Labute approximate surface area is 136 Å². The average molecular weight is 335 g/mol. The van der Waals surface area contributed by atoms with E-state index in [9.17, 15) is 18.4 Å². The summed E-state index contributed by atoms with van der Waals surface area (Å²) in [7, 11) is 0. The summed E-state index contributed by atoms with van der Waals surface area (Å²) in [6.07, 6.45) is 1.75. The van der Waals surface area contributed by atoms with E-state index in [0.29, 0.717) is 18.5 Å². The number of carbonyl (C=O) groups excluding carboxylic acids is 1. The van der Waals surface area contributed by atoms with E-state index in [1.165, 1.54) is 17.2 Å². The zero-order valence-corrected chi connectivity index (χ0v) is 12.9. The summed E-state index contributed by atoms with van der Waals surface area (Å²) >= 11 is 0. The Morgan fingerprint density at radius 1 is 1.29 bits per heavy atom. The second-order valence-corrected chi connectivity index (χ2v) is 5.75. The smallest absolute Gasteiger partial charge is 0.308 e. The fraction of sp³-hybridized carbons (Fsp3) is 0.312. The molecule has 1 atom stereocenters. The third-order valence-electron chi connectivity index (χ3n) is 4.09. The van der Waals surface area contributed by atoms with Gasteiger partial charge in [-0.2, -0.15) is 5.10 Å². The Hall–Kier alpha value is -2.77. The number of benzene rings is 1. The molecular formula is C16H15F2N3O3. The molecule has 1 N–H and O–H groups in total. The largest absolute Gasteiger partial charge is 0.481 e. The minimum atomic E-state index is -0.944. The molecule has 1 amide bonds. The zero-order chi connectivity index (χ0) is 17.4. The van der Waals surface area contributed by atoms with Gasteiger partial charge < -0.3 is 10.0 Å². The van der Waals surface area contributed by atoms with E-state index in [0.717, 1.165) is 16.8 Å². The second kappa shape index (κ2) is 6.03. The van der Waals surface area contributed by atoms with Crippen molar-refractivity contribution in [2.24, 2.45) is 5.92 Å². The van der Waals surface area contributed by atoms with Crippen molar-refractivity contribution in [3.05, 3.63) is 47.3 Å². The van der Waals surface area contributed by atoms with Crippen LogP contribution in [0.3, 0.4) is 0 Å². The maximum absolute atomic E-state index is 13.9. The maximum Gasteiger partial charge on any atom is 0.308 e. The van der Waals surface area contributed by atoms with Crippen molar-refractivity contribution < 1.29 is 23.5 Å². The maximum atomic E-state index is 13.9. The number of aromatic nitrogens is 2. The lowest BCUT2D eigenvalue weighted by Crippen LogP contribution is -2.30. The first-order chi connectivity index (χ1) is 11.4. The van der Waals surface area contributed by atoms with Crippen molar-refractivity contribution in [3.63, 3.8) is 0 Å². The average Bonchev–Trinajstić information content (AvgIpc) is 3.14. The van der Waals surface area contributed by atoms with Gasteiger partial charge in [-0.05, 0) is 25.5 Å². The van der Waals surface area contributed by atoms with E-state index >= 15 is 0 Å². The third-order valence-corrected chi connectivity index (χ3v) is 4.09. The van der Waals surface area contributed by atoms with Crippen LogP contribution in [0.25, 0.3) is 5.69 Å². The van der Waals surface area contributed by atoms with Gasteiger partial charge in [0.05, 0.1) is 5.92 Å². The Bertz CT molecular complexity index is 799. The number of carbonyl (C=O) groups is 2. The van der Waals surface area contributed by atoms with Crippen LogP contribution < -0.4 is 0 Å². The van der Waals surface area contributed by atoms with Gasteiger partial charge in [0.15, 0.2) is 17.3 Å². The Morgan fingerprint density at radius 2 is 1.96 bits per heavy atom. The number of aliphatic carboxylic acids is 1. The first kappa shape index (κ1) is 16.1. The van der Waals surface area contributed by atoms with Crippen LogP contribution in [0.15, 0.2) is 24.4 Å². The molecule has 24 heavy (non-hydrogen) atoms. The van der Waals surface area contributed by atoms with Crippen molar-refractivity contribution >= 4 is 11.9 Å². The van der Waals surface area contributed by atoms with Gasteiger partial charge in [-0.25, -0.2) is 13.5 Å². The van der Waals surface area contributed by atoms with Crippen molar-refractivity contribution in [1.29, 1.82) is 0 Å². The lowest BCUT2D eigenvalue weighted by molar-refractivity contribution is -0.141. The first-order valence-electron chi connectivity index (χ1n) is 7.41. The Kier molecular flexibility index (Phi) is 4.04. The van der Waals surface area contributed by atoms with Crippen molar-refractivity contribution in [3.8, 4) is 5.69 Å². The molecule has 2 heterocycles. The number of carboxylic acids is 1. The number of carboxylic acid groups (broad SMARTS) is 1. The summed E-state index contributed by atoms with van der Waals surface area (Å²) in [6.45, 7) is 2.03. The molecule has 0 aliphatic carbocycles. The first-order valence-corrected chi connectivity index (χ1v) is 7.41. The number of hydrogen-bond donors (Lipinski definition) is 1. The SMILES string of the molecule is Cc1cn(-c2c(F)cccc2F)nc1C(=O)N1CCC(C(=O)O)C1. The monoisotopic (exact) mass is 335 g/mol. The summed E-state index contributed by atoms with van der Waals surface area (Å²) in [5, 5.41) is 13.0. The Morgan fingerprint density at radius 3 is 2.54 bits per heavy atom. The molecule has 1 aromatic heterocycles. The van der Waals surface area contributed by atoms with Gasteiger partial charge in [0, 0.05) is 24.8 Å². The number of rotatable bonds is 3. The molecule has 1 saturated heterocycles. The van der Waals surface area contributed by atoms with E-state index in [2.05, 4.69) is 5.10 Å². The highest BCUT2D eigenvalue weighted by Gasteiger charge is 2.33. The summed E-state index contributed by atoms with van der Waals surface area (Å²) in [4.78, 5) is 24.9. The zero-order valence-electron chi connectivity index (χ0n) is 12.9. The number of hydrogen-bond acceptors (Lipinski definition) is 3. The molecule has 126 valence electrons. The van der Waals surface area contributed by atoms with Crippen molar-refractivity contribution in [2.45, 2.75) is 13.3 Å². The molecular weight excluding hydrogens is 320 g/mol. The van der Waals surface area contributed by atoms with Gasteiger partial charge >= 0.3 is 5.97 Å². The van der Waals surface area contributed by atoms with Gasteiger partial charge in [0.25, 0.3) is 5.91 Å². The highest BCUT2D eigenvalue weighted by atomic mass is 19.1. The van der Waals surface area contributed by atoms with E-state index in [-0.39, 0.29) is 17.9 Å². The van der Waals surface area contributed by atoms with Crippen LogP contribution in [0.5, 0.6) is 0 Å². The molecule has 1 aliphatic rings. The van der Waals surface area contributed by atoms with Crippen LogP contribution in [0, 0.1) is 24.5 Å². The van der Waals surface area contributed by atoms with Gasteiger partial charge in [-0.1, -0.05) is 6.07 Å². The van der Waals surface area contributed by atoms with Crippen LogP contribution in [0.4, 0.5) is 8.78 Å². The fourth-order valence-corrected chi connectivity index (χ4v) is 2.79. The quantitative estimate of drug-likeness (QED) is 0.931. The number of para-hydroxylation sites is 1. The normalized spacial score (nSPS) is 17.3. The molecule has 1 unspecified atom stereocenters. The lowest BCUT2D eigenvalue weighted by atomic mass is 10.1. The standard InChI is InChI=1S/C16H15F2N3O3/c1-9-7-21(14-11(17)3-2-4-12(14)18)19-13(9)15(22)20-6-5-10(8-20)16(23)24/h2-4,7,10H,5-6,8H2,1H3,(H,23,24). The van der Waals surface area contributed by atoms with E-state index in [4.69, 9.17) is 5.11 Å². The topological polar surface area (TPSA) is 75.4 Å². The van der Waals surface area contributed by atoms with Gasteiger partial charge in [-0.15, -0.1) is 0 Å². The fourth-order valence-electron chi connectivity index (χ4n) is 2.79. The second-order valence-electron chi connectivity index (χ2n) is 5.75. The van der Waals surface area contributed by atoms with Crippen molar-refractivity contribution in [1.82, 2.24) is 14.7 Å². The number of aryl methyl sites for hydroxylation is 1. The number of amides is 1. The summed E-state index contributed by atoms with van der Waals surface area (Å²) in [6, 6.07) is 3.45. The molecule has 1 fully saturated rings. The summed E-state index contributed by atoms with van der Waals surface area (Å²) < 4.78 is 28.7. The molecule has 0 saturated carbocycles. The highest BCUT2D eigenvalue weighted by Crippen LogP contribution is 2.22. The molecule has 0 bridgehead atoms.